The van der Waals surface area contributed by atoms with E-state index in [9.17, 15) is 0 Å². The van der Waals surface area contributed by atoms with Gasteiger partial charge in [-0.25, -0.2) is 15.0 Å². The number of para-hydroxylation sites is 1. The zero-order valence-corrected chi connectivity index (χ0v) is 30.1. The lowest BCUT2D eigenvalue weighted by atomic mass is 9.96. The van der Waals surface area contributed by atoms with Crippen LogP contribution in [0.1, 0.15) is 0 Å². The summed E-state index contributed by atoms with van der Waals surface area (Å²) in [5, 5.41) is 4.25. The molecule has 11 aromatic rings. The van der Waals surface area contributed by atoms with Crippen LogP contribution in [0.15, 0.2) is 197 Å². The Morgan fingerprint density at radius 3 is 1.54 bits per heavy atom. The highest BCUT2D eigenvalue weighted by atomic mass is 16.3. The number of fused-ring (bicyclic) bond motifs is 6. The highest BCUT2D eigenvalue weighted by Gasteiger charge is 2.18. The molecular formula is C51H31N3O2. The third-order valence-corrected chi connectivity index (χ3v) is 10.6. The topological polar surface area (TPSA) is 65.0 Å². The lowest BCUT2D eigenvalue weighted by molar-refractivity contribution is 0.668. The Morgan fingerprint density at radius 2 is 0.750 bits per heavy atom. The predicted molar refractivity (Wildman–Crippen MR) is 227 cm³/mol. The summed E-state index contributed by atoms with van der Waals surface area (Å²) in [5.41, 5.74) is 12.9. The standard InChI is InChI=1S/C51H31N3O2/c1-3-12-32(13-4-1)37-28-29-41-46(31-37)56-44-22-10-19-39(47(41)44)34-26-24-33(25-27-34)36-16-9-17-38(30-36)50-52-49(35-14-5-2-6-15-35)53-51(54-50)42-20-11-23-45-48(42)40-18-7-8-21-43(40)55-45/h1-31H. The van der Waals surface area contributed by atoms with Crippen LogP contribution in [-0.4, -0.2) is 15.0 Å². The summed E-state index contributed by atoms with van der Waals surface area (Å²) in [4.78, 5) is 15.2. The van der Waals surface area contributed by atoms with E-state index in [-0.39, 0.29) is 0 Å². The normalized spacial score (nSPS) is 11.6. The molecule has 0 saturated carbocycles. The van der Waals surface area contributed by atoms with Crippen molar-refractivity contribution in [2.24, 2.45) is 0 Å². The number of hydrogen-bond acceptors (Lipinski definition) is 5. The van der Waals surface area contributed by atoms with E-state index in [1.807, 2.05) is 66.7 Å². The minimum Gasteiger partial charge on any atom is -0.456 e. The maximum Gasteiger partial charge on any atom is 0.164 e. The average molecular weight is 718 g/mol. The number of rotatable bonds is 6. The van der Waals surface area contributed by atoms with Gasteiger partial charge in [-0.15, -0.1) is 0 Å². The first-order valence-electron chi connectivity index (χ1n) is 18.7. The Labute approximate surface area is 322 Å². The van der Waals surface area contributed by atoms with Crippen molar-refractivity contribution in [3.05, 3.63) is 188 Å². The van der Waals surface area contributed by atoms with E-state index in [1.165, 1.54) is 5.56 Å². The second-order valence-corrected chi connectivity index (χ2v) is 14.0. The van der Waals surface area contributed by atoms with Crippen molar-refractivity contribution in [3.8, 4) is 67.5 Å². The zero-order valence-electron chi connectivity index (χ0n) is 30.1. The van der Waals surface area contributed by atoms with Crippen molar-refractivity contribution in [2.75, 3.05) is 0 Å². The van der Waals surface area contributed by atoms with Crippen LogP contribution >= 0.6 is 0 Å². The first kappa shape index (κ1) is 31.9. The first-order chi connectivity index (χ1) is 27.7. The van der Waals surface area contributed by atoms with Gasteiger partial charge in [0.1, 0.15) is 22.3 Å². The minimum absolute atomic E-state index is 0.595. The molecule has 0 saturated heterocycles. The predicted octanol–water partition coefficient (Wildman–Crippen LogP) is 13.7. The van der Waals surface area contributed by atoms with Crippen LogP contribution < -0.4 is 0 Å². The molecular weight excluding hydrogens is 687 g/mol. The number of nitrogens with zero attached hydrogens (tertiary/aromatic N) is 3. The molecule has 0 amide bonds. The maximum atomic E-state index is 6.41. The maximum absolute atomic E-state index is 6.41. The third-order valence-electron chi connectivity index (χ3n) is 10.6. The Kier molecular flexibility index (Phi) is 7.42. The molecule has 8 aromatic carbocycles. The molecule has 0 aliphatic rings. The molecule has 0 atom stereocenters. The van der Waals surface area contributed by atoms with Crippen LogP contribution in [-0.2, 0) is 0 Å². The summed E-state index contributed by atoms with van der Waals surface area (Å²) in [7, 11) is 0. The van der Waals surface area contributed by atoms with Crippen LogP contribution in [0.3, 0.4) is 0 Å². The lowest BCUT2D eigenvalue weighted by Gasteiger charge is -2.11. The SMILES string of the molecule is c1ccc(-c2ccc3c(c2)oc2cccc(-c4ccc(-c5cccc(-c6nc(-c7ccccc7)nc(-c7cccc8oc9ccccc9c78)n6)c5)cc4)c23)cc1. The van der Waals surface area contributed by atoms with E-state index in [4.69, 9.17) is 23.8 Å². The largest absolute Gasteiger partial charge is 0.456 e. The Morgan fingerprint density at radius 1 is 0.268 bits per heavy atom. The fourth-order valence-electron chi connectivity index (χ4n) is 7.86. The van der Waals surface area contributed by atoms with E-state index < -0.39 is 0 Å². The van der Waals surface area contributed by atoms with Crippen LogP contribution in [0.4, 0.5) is 0 Å². The molecule has 0 fully saturated rings. The number of hydrogen-bond donors (Lipinski definition) is 0. The van der Waals surface area contributed by atoms with Gasteiger partial charge in [-0.1, -0.05) is 152 Å². The molecule has 0 aliphatic heterocycles. The fraction of sp³-hybridized carbons (Fsp3) is 0. The lowest BCUT2D eigenvalue weighted by Crippen LogP contribution is -2.00. The Balaban J connectivity index is 0.979. The molecule has 0 aliphatic carbocycles. The van der Waals surface area contributed by atoms with E-state index in [2.05, 4.69) is 121 Å². The van der Waals surface area contributed by atoms with Gasteiger partial charge in [0.2, 0.25) is 0 Å². The molecule has 5 nitrogen and oxygen atoms in total. The van der Waals surface area contributed by atoms with Gasteiger partial charge in [0.15, 0.2) is 17.5 Å². The van der Waals surface area contributed by atoms with Crippen LogP contribution in [0.25, 0.3) is 111 Å². The third kappa shape index (κ3) is 5.45. The molecule has 0 radical (unpaired) electrons. The smallest absolute Gasteiger partial charge is 0.164 e. The minimum atomic E-state index is 0.595. The quantitative estimate of drug-likeness (QED) is 0.171. The van der Waals surface area contributed by atoms with E-state index >= 15 is 0 Å². The van der Waals surface area contributed by atoms with Crippen LogP contribution in [0.5, 0.6) is 0 Å². The molecule has 3 aromatic heterocycles. The summed E-state index contributed by atoms with van der Waals surface area (Å²) in [5.74, 6) is 1.81. The summed E-state index contributed by atoms with van der Waals surface area (Å²) < 4.78 is 12.6. The van der Waals surface area contributed by atoms with Gasteiger partial charge in [0, 0.05) is 38.2 Å². The monoisotopic (exact) mass is 717 g/mol. The highest BCUT2D eigenvalue weighted by Crippen LogP contribution is 2.40. The Hall–Kier alpha value is -7.63. The molecule has 56 heavy (non-hydrogen) atoms. The van der Waals surface area contributed by atoms with Gasteiger partial charge in [-0.3, -0.25) is 0 Å². The first-order valence-corrected chi connectivity index (χ1v) is 18.7. The summed E-state index contributed by atoms with van der Waals surface area (Å²) >= 11 is 0. The molecule has 0 unspecified atom stereocenters. The van der Waals surface area contributed by atoms with E-state index in [0.29, 0.717) is 17.5 Å². The second kappa shape index (κ2) is 13.0. The average Bonchev–Trinajstić information content (AvgIpc) is 3.85. The number of aromatic nitrogens is 3. The van der Waals surface area contributed by atoms with Gasteiger partial charge in [0.25, 0.3) is 0 Å². The van der Waals surface area contributed by atoms with Gasteiger partial charge >= 0.3 is 0 Å². The molecule has 11 rings (SSSR count). The molecule has 0 spiro atoms. The van der Waals surface area contributed by atoms with Gasteiger partial charge in [-0.05, 0) is 69.8 Å². The fourth-order valence-corrected chi connectivity index (χ4v) is 7.86. The highest BCUT2D eigenvalue weighted by molar-refractivity contribution is 6.13. The summed E-state index contributed by atoms with van der Waals surface area (Å²) in [6.07, 6.45) is 0. The van der Waals surface area contributed by atoms with Crippen molar-refractivity contribution in [3.63, 3.8) is 0 Å². The van der Waals surface area contributed by atoms with Crippen molar-refractivity contribution in [1.82, 2.24) is 15.0 Å². The molecule has 0 N–H and O–H groups in total. The van der Waals surface area contributed by atoms with E-state index in [0.717, 1.165) is 88.4 Å². The molecule has 5 heteroatoms. The van der Waals surface area contributed by atoms with Crippen molar-refractivity contribution in [2.45, 2.75) is 0 Å². The zero-order chi connectivity index (χ0) is 37.0. The number of benzene rings is 8. The van der Waals surface area contributed by atoms with Gasteiger partial charge < -0.3 is 8.83 Å². The van der Waals surface area contributed by atoms with Crippen molar-refractivity contribution < 1.29 is 8.83 Å². The summed E-state index contributed by atoms with van der Waals surface area (Å²) in [6.45, 7) is 0. The Bertz CT molecular complexity index is 3240. The molecule has 3 heterocycles. The second-order valence-electron chi connectivity index (χ2n) is 14.0. The van der Waals surface area contributed by atoms with Gasteiger partial charge in [0.05, 0.1) is 0 Å². The molecule has 0 bridgehead atoms. The van der Waals surface area contributed by atoms with Crippen molar-refractivity contribution in [1.29, 1.82) is 0 Å². The number of furan rings is 2. The van der Waals surface area contributed by atoms with Crippen molar-refractivity contribution >= 4 is 43.9 Å². The van der Waals surface area contributed by atoms with Crippen LogP contribution in [0.2, 0.25) is 0 Å². The van der Waals surface area contributed by atoms with E-state index in [1.54, 1.807) is 0 Å². The van der Waals surface area contributed by atoms with Gasteiger partial charge in [-0.2, -0.15) is 0 Å². The molecule has 262 valence electrons. The van der Waals surface area contributed by atoms with Crippen LogP contribution in [0, 0.1) is 0 Å². The summed E-state index contributed by atoms with van der Waals surface area (Å²) in [6, 6.07) is 64.6.